The molecule has 1 aromatic carbocycles. The lowest BCUT2D eigenvalue weighted by Crippen LogP contribution is -2.60. The molecule has 1 fully saturated rings. The number of hydrogen-bond donors (Lipinski definition) is 1. The first-order valence-corrected chi connectivity index (χ1v) is 8.17. The van der Waals surface area contributed by atoms with Crippen LogP contribution in [0.2, 0.25) is 5.02 Å². The highest BCUT2D eigenvalue weighted by molar-refractivity contribution is 7.88. The second-order valence-corrected chi connectivity index (χ2v) is 7.16. The molecule has 0 spiro atoms. The number of halogens is 2. The van der Waals surface area contributed by atoms with E-state index < -0.39 is 15.8 Å². The van der Waals surface area contributed by atoms with Gasteiger partial charge in [-0.05, 0) is 17.7 Å². The molecule has 0 radical (unpaired) electrons. The molecule has 0 atom stereocenters. The number of benzene rings is 1. The minimum absolute atomic E-state index is 0.0257. The van der Waals surface area contributed by atoms with E-state index in [4.69, 9.17) is 11.6 Å². The molecule has 20 heavy (non-hydrogen) atoms. The molecule has 2 rings (SSSR count). The first-order chi connectivity index (χ1) is 9.25. The van der Waals surface area contributed by atoms with Crippen LogP contribution in [0.5, 0.6) is 0 Å². The van der Waals surface area contributed by atoms with E-state index in [0.717, 1.165) is 6.26 Å². The first-order valence-electron chi connectivity index (χ1n) is 5.94. The summed E-state index contributed by atoms with van der Waals surface area (Å²) in [4.78, 5) is 11.8. The Labute approximate surface area is 121 Å². The largest absolute Gasteiger partial charge is 0.350 e. The molecular weight excluding hydrogens is 307 g/mol. The van der Waals surface area contributed by atoms with Gasteiger partial charge in [0.25, 0.3) is 0 Å². The number of hydrogen-bond acceptors (Lipinski definition) is 3. The van der Waals surface area contributed by atoms with E-state index in [1.54, 1.807) is 0 Å². The Morgan fingerprint density at radius 1 is 1.50 bits per heavy atom. The van der Waals surface area contributed by atoms with Gasteiger partial charge >= 0.3 is 0 Å². The molecule has 1 aliphatic rings. The van der Waals surface area contributed by atoms with Crippen molar-refractivity contribution in [2.45, 2.75) is 12.5 Å². The van der Waals surface area contributed by atoms with Crippen LogP contribution in [-0.2, 0) is 21.2 Å². The number of rotatable bonds is 4. The Balaban J connectivity index is 1.84. The number of carbonyl (C=O) groups excluding carboxylic acids is 1. The van der Waals surface area contributed by atoms with Crippen molar-refractivity contribution in [3.05, 3.63) is 34.6 Å². The Morgan fingerprint density at radius 2 is 2.15 bits per heavy atom. The number of nitrogens with zero attached hydrogens (tertiary/aromatic N) is 1. The molecule has 8 heteroatoms. The minimum Gasteiger partial charge on any atom is -0.350 e. The lowest BCUT2D eigenvalue weighted by Gasteiger charge is -2.37. The standard InChI is InChI=1S/C12H14ClFN2O3S/c1-20(18,19)16-6-9(7-16)15-12(17)5-8-2-3-11(14)10(13)4-8/h2-4,9H,5-7H2,1H3,(H,15,17). The molecule has 1 aliphatic heterocycles. The lowest BCUT2D eigenvalue weighted by atomic mass is 10.1. The summed E-state index contributed by atoms with van der Waals surface area (Å²) in [5.41, 5.74) is 0.605. The van der Waals surface area contributed by atoms with Crippen LogP contribution in [0.4, 0.5) is 4.39 Å². The number of nitrogens with one attached hydrogen (secondary N) is 1. The molecule has 1 aromatic rings. The third-order valence-electron chi connectivity index (χ3n) is 3.03. The van der Waals surface area contributed by atoms with Gasteiger partial charge in [0.05, 0.1) is 23.7 Å². The number of sulfonamides is 1. The third kappa shape index (κ3) is 3.68. The summed E-state index contributed by atoms with van der Waals surface area (Å²) >= 11 is 5.63. The quantitative estimate of drug-likeness (QED) is 0.891. The van der Waals surface area contributed by atoms with Crippen LogP contribution in [0, 0.1) is 5.82 Å². The molecular formula is C12H14ClFN2O3S. The van der Waals surface area contributed by atoms with Crippen molar-refractivity contribution in [3.8, 4) is 0 Å². The van der Waals surface area contributed by atoms with Gasteiger partial charge in [-0.25, -0.2) is 12.8 Å². The van der Waals surface area contributed by atoms with E-state index in [1.807, 2.05) is 0 Å². The van der Waals surface area contributed by atoms with Crippen molar-refractivity contribution in [2.75, 3.05) is 19.3 Å². The molecule has 1 amide bonds. The maximum atomic E-state index is 13.0. The van der Waals surface area contributed by atoms with Crippen molar-refractivity contribution >= 4 is 27.5 Å². The smallest absolute Gasteiger partial charge is 0.224 e. The van der Waals surface area contributed by atoms with Crippen molar-refractivity contribution in [1.82, 2.24) is 9.62 Å². The van der Waals surface area contributed by atoms with Crippen LogP contribution in [0.15, 0.2) is 18.2 Å². The second-order valence-electron chi connectivity index (χ2n) is 4.77. The summed E-state index contributed by atoms with van der Waals surface area (Å²) in [6, 6.07) is 3.93. The van der Waals surface area contributed by atoms with Crippen LogP contribution in [-0.4, -0.2) is 44.0 Å². The molecule has 0 aliphatic carbocycles. The third-order valence-corrected chi connectivity index (χ3v) is 4.56. The molecule has 1 N–H and O–H groups in total. The van der Waals surface area contributed by atoms with Gasteiger partial charge in [0.1, 0.15) is 5.82 Å². The summed E-state index contributed by atoms with van der Waals surface area (Å²) in [6.07, 6.45) is 1.21. The van der Waals surface area contributed by atoms with E-state index >= 15 is 0 Å². The molecule has 110 valence electrons. The SMILES string of the molecule is CS(=O)(=O)N1CC(NC(=O)Cc2ccc(F)c(Cl)c2)C1. The number of amides is 1. The van der Waals surface area contributed by atoms with Gasteiger partial charge in [-0.2, -0.15) is 4.31 Å². The van der Waals surface area contributed by atoms with Crippen molar-refractivity contribution < 1.29 is 17.6 Å². The van der Waals surface area contributed by atoms with Crippen LogP contribution < -0.4 is 5.32 Å². The zero-order chi connectivity index (χ0) is 14.9. The molecule has 1 heterocycles. The van der Waals surface area contributed by atoms with Gasteiger partial charge in [0.15, 0.2) is 0 Å². The topological polar surface area (TPSA) is 66.5 Å². The van der Waals surface area contributed by atoms with Crippen LogP contribution in [0.3, 0.4) is 0 Å². The van der Waals surface area contributed by atoms with Crippen molar-refractivity contribution in [2.24, 2.45) is 0 Å². The van der Waals surface area contributed by atoms with Gasteiger partial charge in [0, 0.05) is 13.1 Å². The van der Waals surface area contributed by atoms with Gasteiger partial charge in [-0.3, -0.25) is 4.79 Å². The number of carbonyl (C=O) groups is 1. The van der Waals surface area contributed by atoms with Crippen molar-refractivity contribution in [1.29, 1.82) is 0 Å². The Hall–Kier alpha value is -1.18. The molecule has 1 saturated heterocycles. The van der Waals surface area contributed by atoms with Crippen LogP contribution in [0.25, 0.3) is 0 Å². The molecule has 0 aromatic heterocycles. The van der Waals surface area contributed by atoms with Gasteiger partial charge < -0.3 is 5.32 Å². The fraction of sp³-hybridized carbons (Fsp3) is 0.417. The molecule has 0 unspecified atom stereocenters. The highest BCUT2D eigenvalue weighted by atomic mass is 35.5. The summed E-state index contributed by atoms with van der Waals surface area (Å²) in [5.74, 6) is -0.774. The first kappa shape index (κ1) is 15.2. The Bertz CT molecular complexity index is 630. The summed E-state index contributed by atoms with van der Waals surface area (Å²) in [5, 5.41) is 2.69. The zero-order valence-electron chi connectivity index (χ0n) is 10.8. The van der Waals surface area contributed by atoms with E-state index in [0.29, 0.717) is 5.56 Å². The predicted octanol–water partition coefficient (Wildman–Crippen LogP) is 0.782. The lowest BCUT2D eigenvalue weighted by molar-refractivity contribution is -0.121. The Morgan fingerprint density at radius 3 is 2.70 bits per heavy atom. The Kier molecular flexibility index (Phi) is 4.31. The van der Waals surface area contributed by atoms with Crippen LogP contribution >= 0.6 is 11.6 Å². The monoisotopic (exact) mass is 320 g/mol. The average Bonchev–Trinajstić information content (AvgIpc) is 2.26. The van der Waals surface area contributed by atoms with E-state index in [1.165, 1.54) is 22.5 Å². The zero-order valence-corrected chi connectivity index (χ0v) is 12.3. The summed E-state index contributed by atoms with van der Waals surface area (Å²) in [6.45, 7) is 0.573. The van der Waals surface area contributed by atoms with E-state index in [2.05, 4.69) is 5.32 Å². The second kappa shape index (κ2) is 5.67. The molecule has 0 bridgehead atoms. The highest BCUT2D eigenvalue weighted by Gasteiger charge is 2.33. The van der Waals surface area contributed by atoms with Crippen molar-refractivity contribution in [3.63, 3.8) is 0 Å². The van der Waals surface area contributed by atoms with Gasteiger partial charge in [0.2, 0.25) is 15.9 Å². The molecule has 0 saturated carbocycles. The van der Waals surface area contributed by atoms with E-state index in [-0.39, 0.29) is 36.5 Å². The minimum atomic E-state index is -3.18. The maximum Gasteiger partial charge on any atom is 0.224 e. The summed E-state index contributed by atoms with van der Waals surface area (Å²) in [7, 11) is -3.18. The molecule has 5 nitrogen and oxygen atoms in total. The predicted molar refractivity (Wildman–Crippen MR) is 73.5 cm³/mol. The fourth-order valence-electron chi connectivity index (χ4n) is 1.91. The van der Waals surface area contributed by atoms with Gasteiger partial charge in [-0.1, -0.05) is 17.7 Å². The van der Waals surface area contributed by atoms with Gasteiger partial charge in [-0.15, -0.1) is 0 Å². The summed E-state index contributed by atoms with van der Waals surface area (Å²) < 4.78 is 36.6. The normalized spacial score (nSPS) is 16.8. The van der Waals surface area contributed by atoms with Crippen LogP contribution in [0.1, 0.15) is 5.56 Å². The fourth-order valence-corrected chi connectivity index (χ4v) is 3.02. The average molecular weight is 321 g/mol. The maximum absolute atomic E-state index is 13.0. The van der Waals surface area contributed by atoms with E-state index in [9.17, 15) is 17.6 Å². The highest BCUT2D eigenvalue weighted by Crippen LogP contribution is 2.17.